The standard InChI is InChI=1S/C9H8BrN3S/c1-5-12-7(4-8(11)13-5)9-6(10)2-3-14-9/h2-4H,1H3,(H2,11,12,13). The molecule has 0 amide bonds. The van der Waals surface area contributed by atoms with E-state index in [0.717, 1.165) is 15.0 Å². The monoisotopic (exact) mass is 269 g/mol. The third kappa shape index (κ3) is 1.78. The van der Waals surface area contributed by atoms with E-state index in [-0.39, 0.29) is 0 Å². The molecule has 0 unspecified atom stereocenters. The van der Waals surface area contributed by atoms with Crippen LogP contribution in [0.2, 0.25) is 0 Å². The lowest BCUT2D eigenvalue weighted by Gasteiger charge is -2.01. The maximum atomic E-state index is 5.65. The molecule has 2 aromatic rings. The molecule has 2 rings (SSSR count). The fraction of sp³-hybridized carbons (Fsp3) is 0.111. The first-order valence-electron chi connectivity index (χ1n) is 4.01. The highest BCUT2D eigenvalue weighted by molar-refractivity contribution is 9.10. The number of hydrogen-bond acceptors (Lipinski definition) is 4. The zero-order chi connectivity index (χ0) is 10.1. The lowest BCUT2D eigenvalue weighted by atomic mass is 10.3. The summed E-state index contributed by atoms with van der Waals surface area (Å²) in [6.45, 7) is 1.83. The lowest BCUT2D eigenvalue weighted by Crippen LogP contribution is -1.96. The van der Waals surface area contributed by atoms with E-state index in [2.05, 4.69) is 25.9 Å². The minimum atomic E-state index is 0.507. The van der Waals surface area contributed by atoms with Crippen molar-refractivity contribution in [1.82, 2.24) is 9.97 Å². The SMILES string of the molecule is Cc1nc(N)cc(-c2sccc2Br)n1. The molecule has 0 radical (unpaired) electrons. The third-order valence-electron chi connectivity index (χ3n) is 1.71. The van der Waals surface area contributed by atoms with Gasteiger partial charge in [-0.05, 0) is 34.3 Å². The predicted molar refractivity (Wildman–Crippen MR) is 62.2 cm³/mol. The van der Waals surface area contributed by atoms with Gasteiger partial charge in [-0.1, -0.05) is 0 Å². The molecule has 2 N–H and O–H groups in total. The van der Waals surface area contributed by atoms with Crippen LogP contribution in [0.25, 0.3) is 10.6 Å². The molecule has 72 valence electrons. The fourth-order valence-corrected chi connectivity index (χ4v) is 2.72. The van der Waals surface area contributed by atoms with Crippen molar-refractivity contribution >= 4 is 33.1 Å². The van der Waals surface area contributed by atoms with Gasteiger partial charge in [0, 0.05) is 10.5 Å². The first-order chi connectivity index (χ1) is 6.66. The van der Waals surface area contributed by atoms with Crippen LogP contribution in [0.4, 0.5) is 5.82 Å². The Bertz CT molecular complexity index is 447. The highest BCUT2D eigenvalue weighted by Crippen LogP contribution is 2.32. The van der Waals surface area contributed by atoms with Gasteiger partial charge in [0.25, 0.3) is 0 Å². The molecule has 0 aromatic carbocycles. The zero-order valence-corrected chi connectivity index (χ0v) is 9.89. The molecule has 0 aliphatic heterocycles. The number of thiophene rings is 1. The summed E-state index contributed by atoms with van der Waals surface area (Å²) in [6.07, 6.45) is 0. The van der Waals surface area contributed by atoms with Crippen LogP contribution in [0.3, 0.4) is 0 Å². The van der Waals surface area contributed by atoms with Crippen LogP contribution in [0.5, 0.6) is 0 Å². The summed E-state index contributed by atoms with van der Waals surface area (Å²) in [5, 5.41) is 2.01. The van der Waals surface area contributed by atoms with Crippen molar-refractivity contribution < 1.29 is 0 Å². The van der Waals surface area contributed by atoms with Crippen molar-refractivity contribution in [3.8, 4) is 10.6 Å². The molecule has 0 fully saturated rings. The second-order valence-corrected chi connectivity index (χ2v) is 4.59. The van der Waals surface area contributed by atoms with Gasteiger partial charge in [0.1, 0.15) is 11.6 Å². The summed E-state index contributed by atoms with van der Waals surface area (Å²) in [6, 6.07) is 3.78. The van der Waals surface area contributed by atoms with Crippen molar-refractivity contribution in [3.63, 3.8) is 0 Å². The molecule has 0 atom stereocenters. The first kappa shape index (κ1) is 9.61. The van der Waals surface area contributed by atoms with Gasteiger partial charge in [0.2, 0.25) is 0 Å². The van der Waals surface area contributed by atoms with Crippen LogP contribution in [0, 0.1) is 6.92 Å². The number of hydrogen-bond donors (Lipinski definition) is 1. The lowest BCUT2D eigenvalue weighted by molar-refractivity contribution is 1.07. The van der Waals surface area contributed by atoms with E-state index in [1.165, 1.54) is 0 Å². The number of aryl methyl sites for hydroxylation is 1. The Hall–Kier alpha value is -0.940. The van der Waals surface area contributed by atoms with E-state index in [9.17, 15) is 0 Å². The van der Waals surface area contributed by atoms with Crippen molar-refractivity contribution in [2.75, 3.05) is 5.73 Å². The van der Waals surface area contributed by atoms with Crippen LogP contribution in [0.1, 0.15) is 5.82 Å². The molecular formula is C9H8BrN3S. The van der Waals surface area contributed by atoms with Gasteiger partial charge < -0.3 is 5.73 Å². The number of anilines is 1. The summed E-state index contributed by atoms with van der Waals surface area (Å²) in [7, 11) is 0. The number of rotatable bonds is 1. The highest BCUT2D eigenvalue weighted by Gasteiger charge is 2.07. The van der Waals surface area contributed by atoms with E-state index in [0.29, 0.717) is 11.6 Å². The van der Waals surface area contributed by atoms with Gasteiger partial charge in [-0.25, -0.2) is 9.97 Å². The summed E-state index contributed by atoms with van der Waals surface area (Å²) in [5.41, 5.74) is 6.53. The highest BCUT2D eigenvalue weighted by atomic mass is 79.9. The molecule has 0 bridgehead atoms. The third-order valence-corrected chi connectivity index (χ3v) is 3.57. The quantitative estimate of drug-likeness (QED) is 0.866. The Morgan fingerprint density at radius 3 is 2.79 bits per heavy atom. The zero-order valence-electron chi connectivity index (χ0n) is 7.49. The Morgan fingerprint density at radius 2 is 2.21 bits per heavy atom. The van der Waals surface area contributed by atoms with Crippen molar-refractivity contribution in [1.29, 1.82) is 0 Å². The van der Waals surface area contributed by atoms with Gasteiger partial charge in [-0.3, -0.25) is 0 Å². The Balaban J connectivity index is 2.57. The predicted octanol–water partition coefficient (Wildman–Crippen LogP) is 2.86. The molecule has 0 aliphatic carbocycles. The fourth-order valence-electron chi connectivity index (χ4n) is 1.18. The van der Waals surface area contributed by atoms with Crippen LogP contribution < -0.4 is 5.73 Å². The molecule has 0 spiro atoms. The number of aromatic nitrogens is 2. The number of halogens is 1. The molecule has 0 saturated heterocycles. The van der Waals surface area contributed by atoms with Gasteiger partial charge in [-0.15, -0.1) is 11.3 Å². The summed E-state index contributed by atoms with van der Waals surface area (Å²) < 4.78 is 1.04. The van der Waals surface area contributed by atoms with E-state index >= 15 is 0 Å². The van der Waals surface area contributed by atoms with Crippen molar-refractivity contribution in [3.05, 3.63) is 27.8 Å². The van der Waals surface area contributed by atoms with Crippen LogP contribution >= 0.6 is 27.3 Å². The summed E-state index contributed by atoms with van der Waals surface area (Å²) in [4.78, 5) is 9.44. The van der Waals surface area contributed by atoms with Gasteiger partial charge in [0.05, 0.1) is 10.6 Å². The number of nitrogen functional groups attached to an aromatic ring is 1. The summed E-state index contributed by atoms with van der Waals surface area (Å²) >= 11 is 5.09. The minimum Gasteiger partial charge on any atom is -0.384 e. The van der Waals surface area contributed by atoms with Gasteiger partial charge >= 0.3 is 0 Å². The molecule has 5 heteroatoms. The van der Waals surface area contributed by atoms with Crippen LogP contribution in [-0.4, -0.2) is 9.97 Å². The molecule has 0 saturated carbocycles. The van der Waals surface area contributed by atoms with E-state index < -0.39 is 0 Å². The molecule has 2 aromatic heterocycles. The van der Waals surface area contributed by atoms with E-state index in [1.54, 1.807) is 17.4 Å². The maximum absolute atomic E-state index is 5.65. The average molecular weight is 270 g/mol. The van der Waals surface area contributed by atoms with Gasteiger partial charge in [-0.2, -0.15) is 0 Å². The van der Waals surface area contributed by atoms with Crippen molar-refractivity contribution in [2.24, 2.45) is 0 Å². The molecule has 0 aliphatic rings. The van der Waals surface area contributed by atoms with Crippen LogP contribution in [-0.2, 0) is 0 Å². The molecule has 3 nitrogen and oxygen atoms in total. The number of nitrogens with zero attached hydrogens (tertiary/aromatic N) is 2. The Morgan fingerprint density at radius 1 is 1.43 bits per heavy atom. The van der Waals surface area contributed by atoms with E-state index in [4.69, 9.17) is 5.73 Å². The molecular weight excluding hydrogens is 262 g/mol. The van der Waals surface area contributed by atoms with Gasteiger partial charge in [0.15, 0.2) is 0 Å². The smallest absolute Gasteiger partial charge is 0.128 e. The molecule has 2 heterocycles. The summed E-state index contributed by atoms with van der Waals surface area (Å²) in [5.74, 6) is 1.20. The van der Waals surface area contributed by atoms with E-state index in [1.807, 2.05) is 18.4 Å². The first-order valence-corrected chi connectivity index (χ1v) is 5.68. The second-order valence-electron chi connectivity index (χ2n) is 2.82. The Kier molecular flexibility index (Phi) is 2.52. The Labute approximate surface area is 94.1 Å². The molecule has 14 heavy (non-hydrogen) atoms. The largest absolute Gasteiger partial charge is 0.384 e. The van der Waals surface area contributed by atoms with Crippen LogP contribution in [0.15, 0.2) is 22.0 Å². The minimum absolute atomic E-state index is 0.507. The van der Waals surface area contributed by atoms with Crippen molar-refractivity contribution in [2.45, 2.75) is 6.92 Å². The topological polar surface area (TPSA) is 51.8 Å². The second kappa shape index (κ2) is 3.67. The maximum Gasteiger partial charge on any atom is 0.128 e. The number of nitrogens with two attached hydrogens (primary N) is 1. The average Bonchev–Trinajstić information content (AvgIpc) is 2.49. The normalized spacial score (nSPS) is 10.4.